The second kappa shape index (κ2) is 8.14. The van der Waals surface area contributed by atoms with E-state index >= 15 is 0 Å². The normalized spacial score (nSPS) is 16.0. The van der Waals surface area contributed by atoms with Crippen LogP contribution in [0.25, 0.3) is 11.2 Å². The summed E-state index contributed by atoms with van der Waals surface area (Å²) in [5, 5.41) is 7.45. The van der Waals surface area contributed by atoms with Crippen molar-refractivity contribution >= 4 is 11.2 Å². The van der Waals surface area contributed by atoms with E-state index in [2.05, 4.69) is 37.2 Å². The van der Waals surface area contributed by atoms with E-state index in [0.29, 0.717) is 11.6 Å². The Labute approximate surface area is 165 Å². The predicted molar refractivity (Wildman–Crippen MR) is 108 cm³/mol. The highest BCUT2D eigenvalue weighted by atomic mass is 16.5. The van der Waals surface area contributed by atoms with Gasteiger partial charge >= 0.3 is 0 Å². The van der Waals surface area contributed by atoms with Crippen LogP contribution >= 0.6 is 0 Å². The Morgan fingerprint density at radius 1 is 1.14 bits per heavy atom. The number of nitrogens with one attached hydrogen (secondary N) is 1. The summed E-state index contributed by atoms with van der Waals surface area (Å²) in [6, 6.07) is 6.22. The van der Waals surface area contributed by atoms with E-state index in [1.54, 1.807) is 19.5 Å². The van der Waals surface area contributed by atoms with Crippen molar-refractivity contribution < 1.29 is 9.47 Å². The smallest absolute Gasteiger partial charge is 0.199 e. The van der Waals surface area contributed by atoms with Gasteiger partial charge in [0.15, 0.2) is 17.1 Å². The van der Waals surface area contributed by atoms with E-state index in [9.17, 15) is 0 Å². The SMILES string of the molecule is COc1cc(CN2CCC(c3[nH]nc4nccnc34)CC2)ccc1OC(C)C. The average Bonchev–Trinajstić information content (AvgIpc) is 3.13. The number of benzene rings is 1. The quantitative estimate of drug-likeness (QED) is 0.704. The van der Waals surface area contributed by atoms with Crippen molar-refractivity contribution in [2.75, 3.05) is 20.2 Å². The lowest BCUT2D eigenvalue weighted by Gasteiger charge is -2.31. The van der Waals surface area contributed by atoms with Crippen LogP contribution in [0.2, 0.25) is 0 Å². The van der Waals surface area contributed by atoms with E-state index in [-0.39, 0.29) is 6.10 Å². The molecule has 0 unspecified atom stereocenters. The molecule has 0 bridgehead atoms. The van der Waals surface area contributed by atoms with Gasteiger partial charge in [-0.2, -0.15) is 5.10 Å². The lowest BCUT2D eigenvalue weighted by molar-refractivity contribution is 0.202. The Hall–Kier alpha value is -2.67. The Morgan fingerprint density at radius 3 is 2.68 bits per heavy atom. The van der Waals surface area contributed by atoms with Crippen molar-refractivity contribution in [1.82, 2.24) is 25.1 Å². The van der Waals surface area contributed by atoms with Crippen LogP contribution in [0.3, 0.4) is 0 Å². The first-order valence-electron chi connectivity index (χ1n) is 9.85. The first-order valence-corrected chi connectivity index (χ1v) is 9.85. The number of nitrogens with zero attached hydrogens (tertiary/aromatic N) is 4. The maximum atomic E-state index is 5.81. The lowest BCUT2D eigenvalue weighted by atomic mass is 9.93. The zero-order chi connectivity index (χ0) is 19.5. The number of rotatable bonds is 6. The molecular weight excluding hydrogens is 354 g/mol. The van der Waals surface area contributed by atoms with Gasteiger partial charge in [0, 0.05) is 24.9 Å². The van der Waals surface area contributed by atoms with Gasteiger partial charge in [0.25, 0.3) is 0 Å². The lowest BCUT2D eigenvalue weighted by Crippen LogP contribution is -2.32. The van der Waals surface area contributed by atoms with Gasteiger partial charge in [-0.25, -0.2) is 9.97 Å². The number of fused-ring (bicyclic) bond motifs is 1. The number of hydrogen-bond donors (Lipinski definition) is 1. The molecule has 2 aromatic heterocycles. The zero-order valence-corrected chi connectivity index (χ0v) is 16.7. The molecule has 1 aliphatic heterocycles. The molecule has 3 heterocycles. The van der Waals surface area contributed by atoms with Crippen LogP contribution in [0.4, 0.5) is 0 Å². The molecule has 28 heavy (non-hydrogen) atoms. The van der Waals surface area contributed by atoms with E-state index in [1.165, 1.54) is 5.56 Å². The van der Waals surface area contributed by atoms with Gasteiger partial charge in [0.05, 0.1) is 18.9 Å². The summed E-state index contributed by atoms with van der Waals surface area (Å²) < 4.78 is 11.3. The largest absolute Gasteiger partial charge is 0.493 e. The van der Waals surface area contributed by atoms with Crippen molar-refractivity contribution in [2.45, 2.75) is 45.3 Å². The van der Waals surface area contributed by atoms with E-state index in [4.69, 9.17) is 9.47 Å². The Balaban J connectivity index is 1.39. The fourth-order valence-corrected chi connectivity index (χ4v) is 3.85. The van der Waals surface area contributed by atoms with Gasteiger partial charge in [-0.3, -0.25) is 10.00 Å². The number of likely N-dealkylation sites (tertiary alicyclic amines) is 1. The molecule has 0 atom stereocenters. The van der Waals surface area contributed by atoms with Crippen molar-refractivity contribution in [1.29, 1.82) is 0 Å². The molecule has 7 nitrogen and oxygen atoms in total. The van der Waals surface area contributed by atoms with Crippen LogP contribution in [0.5, 0.6) is 11.5 Å². The van der Waals surface area contributed by atoms with E-state index in [0.717, 1.165) is 55.2 Å². The van der Waals surface area contributed by atoms with Crippen LogP contribution in [0, 0.1) is 0 Å². The third-order valence-corrected chi connectivity index (χ3v) is 5.21. The number of ether oxygens (including phenoxy) is 2. The Kier molecular flexibility index (Phi) is 5.43. The van der Waals surface area contributed by atoms with Crippen molar-refractivity contribution in [3.8, 4) is 11.5 Å². The molecule has 3 aromatic rings. The summed E-state index contributed by atoms with van der Waals surface area (Å²) in [6.07, 6.45) is 5.71. The van der Waals surface area contributed by atoms with Gasteiger partial charge < -0.3 is 9.47 Å². The van der Waals surface area contributed by atoms with Gasteiger partial charge in [0.2, 0.25) is 0 Å². The Morgan fingerprint density at radius 2 is 1.93 bits per heavy atom. The molecule has 0 aliphatic carbocycles. The highest BCUT2D eigenvalue weighted by Gasteiger charge is 2.24. The number of methoxy groups -OCH3 is 1. The van der Waals surface area contributed by atoms with E-state index < -0.39 is 0 Å². The minimum atomic E-state index is 0.127. The maximum absolute atomic E-state index is 5.81. The third-order valence-electron chi connectivity index (χ3n) is 5.21. The molecule has 4 rings (SSSR count). The molecule has 0 spiro atoms. The molecule has 0 amide bonds. The summed E-state index contributed by atoms with van der Waals surface area (Å²) in [6.45, 7) is 7.03. The van der Waals surface area contributed by atoms with E-state index in [1.807, 2.05) is 19.9 Å². The van der Waals surface area contributed by atoms with Crippen LogP contribution in [-0.4, -0.2) is 51.4 Å². The average molecular weight is 381 g/mol. The van der Waals surface area contributed by atoms with Crippen LogP contribution in [0.1, 0.15) is 43.9 Å². The molecule has 0 radical (unpaired) electrons. The topological polar surface area (TPSA) is 76.2 Å². The molecule has 148 valence electrons. The van der Waals surface area contributed by atoms with Gasteiger partial charge in [-0.15, -0.1) is 0 Å². The second-order valence-electron chi connectivity index (χ2n) is 7.57. The summed E-state index contributed by atoms with van der Waals surface area (Å²) in [5.74, 6) is 2.05. The molecule has 1 aliphatic rings. The fraction of sp³-hybridized carbons (Fsp3) is 0.476. The predicted octanol–water partition coefficient (Wildman–Crippen LogP) is 3.53. The van der Waals surface area contributed by atoms with Crippen LogP contribution in [0.15, 0.2) is 30.6 Å². The van der Waals surface area contributed by atoms with Crippen LogP contribution in [-0.2, 0) is 6.54 Å². The minimum absolute atomic E-state index is 0.127. The van der Waals surface area contributed by atoms with Crippen molar-refractivity contribution in [3.63, 3.8) is 0 Å². The minimum Gasteiger partial charge on any atom is -0.493 e. The molecule has 0 saturated carbocycles. The summed E-state index contributed by atoms with van der Waals surface area (Å²) in [4.78, 5) is 11.2. The second-order valence-corrected chi connectivity index (χ2v) is 7.57. The standard InChI is InChI=1S/C21H27N5O2/c1-14(2)28-17-5-4-15(12-18(17)27-3)13-26-10-6-16(7-11-26)19-20-21(25-24-19)23-9-8-22-20/h4-5,8-9,12,14,16H,6-7,10-11,13H2,1-3H3,(H,23,24,25). The molecule has 7 heteroatoms. The van der Waals surface area contributed by atoms with Crippen molar-refractivity contribution in [2.24, 2.45) is 0 Å². The van der Waals surface area contributed by atoms with Crippen molar-refractivity contribution in [3.05, 3.63) is 41.9 Å². The van der Waals surface area contributed by atoms with Crippen LogP contribution < -0.4 is 9.47 Å². The molecular formula is C21H27N5O2. The molecule has 1 fully saturated rings. The number of H-pyrrole nitrogens is 1. The zero-order valence-electron chi connectivity index (χ0n) is 16.7. The first kappa shape index (κ1) is 18.7. The molecule has 1 N–H and O–H groups in total. The summed E-state index contributed by atoms with van der Waals surface area (Å²) in [5.41, 5.74) is 3.98. The number of aromatic amines is 1. The molecule has 1 aromatic carbocycles. The van der Waals surface area contributed by atoms with Gasteiger partial charge in [0.1, 0.15) is 5.52 Å². The molecule has 1 saturated heterocycles. The highest BCUT2D eigenvalue weighted by molar-refractivity contribution is 5.72. The number of aromatic nitrogens is 4. The Bertz CT molecular complexity index is 931. The number of piperidine rings is 1. The fourth-order valence-electron chi connectivity index (χ4n) is 3.85. The maximum Gasteiger partial charge on any atom is 0.199 e. The highest BCUT2D eigenvalue weighted by Crippen LogP contribution is 2.32. The van der Waals surface area contributed by atoms with Gasteiger partial charge in [-0.1, -0.05) is 6.07 Å². The first-order chi connectivity index (χ1) is 13.6. The number of hydrogen-bond acceptors (Lipinski definition) is 6. The monoisotopic (exact) mass is 381 g/mol. The summed E-state index contributed by atoms with van der Waals surface area (Å²) in [7, 11) is 1.69. The third kappa shape index (κ3) is 3.94. The summed E-state index contributed by atoms with van der Waals surface area (Å²) >= 11 is 0. The van der Waals surface area contributed by atoms with Gasteiger partial charge in [-0.05, 0) is 57.5 Å².